The van der Waals surface area contributed by atoms with Gasteiger partial charge in [0.25, 0.3) is 0 Å². The molecule has 3 heterocycles. The van der Waals surface area contributed by atoms with Crippen LogP contribution >= 0.6 is 0 Å². The molecule has 0 N–H and O–H groups in total. The summed E-state index contributed by atoms with van der Waals surface area (Å²) in [5.41, 5.74) is 14.1. The maximum absolute atomic E-state index is 5.17. The number of nitrogens with zero attached hydrogens (tertiary/aromatic N) is 7. The molecule has 0 aliphatic heterocycles. The average molecular weight is 872 g/mol. The van der Waals surface area contributed by atoms with Gasteiger partial charge >= 0.3 is 0 Å². The van der Waals surface area contributed by atoms with Gasteiger partial charge < -0.3 is 4.57 Å². The van der Waals surface area contributed by atoms with Gasteiger partial charge in [-0.25, -0.2) is 29.9 Å². The van der Waals surface area contributed by atoms with Crippen molar-refractivity contribution in [2.75, 3.05) is 0 Å². The van der Waals surface area contributed by atoms with Crippen molar-refractivity contribution >= 4 is 21.8 Å². The van der Waals surface area contributed by atoms with Crippen molar-refractivity contribution in [3.05, 3.63) is 236 Å². The number of aromatic nitrogens is 7. The molecule has 0 fully saturated rings. The second-order valence-electron chi connectivity index (χ2n) is 16.8. The average Bonchev–Trinajstić information content (AvgIpc) is 3.74. The molecule has 0 bridgehead atoms. The monoisotopic (exact) mass is 871 g/mol. The summed E-state index contributed by atoms with van der Waals surface area (Å²) in [6.07, 6.45) is 0. The van der Waals surface area contributed by atoms with Crippen LogP contribution < -0.4 is 0 Å². The molecule has 7 nitrogen and oxygen atoms in total. The maximum Gasteiger partial charge on any atom is 0.164 e. The molecule has 12 aromatic rings. The van der Waals surface area contributed by atoms with Crippen molar-refractivity contribution in [1.82, 2.24) is 34.5 Å². The maximum atomic E-state index is 5.17. The molecule has 12 rings (SSSR count). The first-order chi connectivity index (χ1) is 33.6. The third-order valence-corrected chi connectivity index (χ3v) is 12.4. The quantitative estimate of drug-likeness (QED) is 0.144. The molecule has 0 saturated carbocycles. The van der Waals surface area contributed by atoms with Gasteiger partial charge in [0, 0.05) is 49.8 Å². The Morgan fingerprint density at radius 3 is 1.04 bits per heavy atom. The molecule has 0 unspecified atom stereocenters. The van der Waals surface area contributed by atoms with Crippen molar-refractivity contribution in [3.8, 4) is 96.3 Å². The SMILES string of the molecule is Cc1cccc(-c2nc(-c3ccccc3)nc(-c3ccccc3-c3ccc4c(c3)c3cc(-c5ccccc5-c5nc(-c6ccccc6)nc(-c6ccccc6)n5)ccc3n4-c3ccccc3)n2)c1. The highest BCUT2D eigenvalue weighted by Gasteiger charge is 2.21. The summed E-state index contributed by atoms with van der Waals surface area (Å²) in [5, 5.41) is 2.24. The van der Waals surface area contributed by atoms with E-state index in [0.29, 0.717) is 34.9 Å². The fourth-order valence-electron chi connectivity index (χ4n) is 9.13. The Bertz CT molecular complexity index is 3740. The van der Waals surface area contributed by atoms with E-state index in [4.69, 9.17) is 29.9 Å². The Hall–Kier alpha value is -9.20. The van der Waals surface area contributed by atoms with E-state index in [9.17, 15) is 0 Å². The standard InChI is InChI=1S/C61H41N7/c1-40-19-18-26-46(37-40)59-63-58(43-24-10-4-11-25-43)66-61(67-59)51-32-17-15-30-49(51)45-34-36-55-53(39-45)52-38-44(33-35-54(52)68(55)47-27-12-5-13-28-47)48-29-14-16-31-50(48)60-64-56(41-20-6-2-7-21-41)62-57(65-60)42-22-8-3-9-23-42/h2-39H,1H3. The Labute approximate surface area is 393 Å². The van der Waals surface area contributed by atoms with Crippen LogP contribution in [0.3, 0.4) is 0 Å². The number of aryl methyl sites for hydroxylation is 1. The van der Waals surface area contributed by atoms with E-state index in [1.807, 2.05) is 97.1 Å². The molecule has 320 valence electrons. The number of rotatable bonds is 9. The van der Waals surface area contributed by atoms with Gasteiger partial charge in [-0.05, 0) is 71.6 Å². The Balaban J connectivity index is 1.04. The molecule has 0 saturated heterocycles. The molecule has 0 aliphatic carbocycles. The highest BCUT2D eigenvalue weighted by atomic mass is 15.0. The van der Waals surface area contributed by atoms with Crippen LogP contribution in [0.15, 0.2) is 231 Å². The van der Waals surface area contributed by atoms with E-state index >= 15 is 0 Å². The van der Waals surface area contributed by atoms with Crippen LogP contribution in [0.1, 0.15) is 5.56 Å². The zero-order valence-electron chi connectivity index (χ0n) is 37.1. The first kappa shape index (κ1) is 40.3. The summed E-state index contributed by atoms with van der Waals surface area (Å²) in [6, 6.07) is 79.6. The third kappa shape index (κ3) is 7.57. The topological polar surface area (TPSA) is 82.3 Å². The first-order valence-electron chi connectivity index (χ1n) is 22.7. The van der Waals surface area contributed by atoms with E-state index in [1.165, 1.54) is 0 Å². The summed E-state index contributed by atoms with van der Waals surface area (Å²) in [5.74, 6) is 3.72. The second kappa shape index (κ2) is 17.3. The minimum Gasteiger partial charge on any atom is -0.309 e. The molecular formula is C61H41N7. The zero-order chi connectivity index (χ0) is 45.4. The summed E-state index contributed by atoms with van der Waals surface area (Å²) < 4.78 is 2.35. The predicted octanol–water partition coefficient (Wildman–Crippen LogP) is 14.8. The van der Waals surface area contributed by atoms with E-state index < -0.39 is 0 Å². The minimum absolute atomic E-state index is 0.610. The summed E-state index contributed by atoms with van der Waals surface area (Å²) in [7, 11) is 0. The minimum atomic E-state index is 0.610. The molecule has 0 atom stereocenters. The number of para-hydroxylation sites is 1. The molecular weight excluding hydrogens is 831 g/mol. The van der Waals surface area contributed by atoms with Gasteiger partial charge in [-0.1, -0.05) is 194 Å². The van der Waals surface area contributed by atoms with Crippen LogP contribution in [-0.2, 0) is 0 Å². The normalized spacial score (nSPS) is 11.3. The summed E-state index contributed by atoms with van der Waals surface area (Å²) in [6.45, 7) is 2.09. The van der Waals surface area contributed by atoms with Crippen molar-refractivity contribution in [2.24, 2.45) is 0 Å². The number of hydrogen-bond donors (Lipinski definition) is 0. The molecule has 3 aromatic heterocycles. The van der Waals surface area contributed by atoms with Crippen LogP contribution in [0.5, 0.6) is 0 Å². The van der Waals surface area contributed by atoms with Crippen LogP contribution in [0.4, 0.5) is 0 Å². The van der Waals surface area contributed by atoms with Crippen molar-refractivity contribution in [3.63, 3.8) is 0 Å². The van der Waals surface area contributed by atoms with Crippen LogP contribution in [0, 0.1) is 6.92 Å². The summed E-state index contributed by atoms with van der Waals surface area (Å²) in [4.78, 5) is 30.5. The second-order valence-corrected chi connectivity index (χ2v) is 16.8. The highest BCUT2D eigenvalue weighted by molar-refractivity contribution is 6.12. The fourth-order valence-corrected chi connectivity index (χ4v) is 9.13. The van der Waals surface area contributed by atoms with Crippen molar-refractivity contribution in [2.45, 2.75) is 6.92 Å². The molecule has 0 radical (unpaired) electrons. The van der Waals surface area contributed by atoms with Gasteiger partial charge in [0.2, 0.25) is 0 Å². The van der Waals surface area contributed by atoms with E-state index in [1.54, 1.807) is 0 Å². The van der Waals surface area contributed by atoms with Crippen molar-refractivity contribution < 1.29 is 0 Å². The largest absolute Gasteiger partial charge is 0.309 e. The molecule has 0 spiro atoms. The van der Waals surface area contributed by atoms with Gasteiger partial charge in [0.15, 0.2) is 34.9 Å². The van der Waals surface area contributed by atoms with E-state index in [-0.39, 0.29) is 0 Å². The van der Waals surface area contributed by atoms with Gasteiger partial charge in [-0.2, -0.15) is 0 Å². The highest BCUT2D eigenvalue weighted by Crippen LogP contribution is 2.41. The zero-order valence-corrected chi connectivity index (χ0v) is 37.1. The van der Waals surface area contributed by atoms with Gasteiger partial charge in [-0.3, -0.25) is 0 Å². The number of benzene rings is 9. The fraction of sp³-hybridized carbons (Fsp3) is 0.0164. The van der Waals surface area contributed by atoms with Crippen LogP contribution in [0.25, 0.3) is 118 Å². The number of hydrogen-bond acceptors (Lipinski definition) is 6. The Morgan fingerprint density at radius 1 is 0.265 bits per heavy atom. The number of fused-ring (bicyclic) bond motifs is 3. The lowest BCUT2D eigenvalue weighted by atomic mass is 9.95. The van der Waals surface area contributed by atoms with Gasteiger partial charge in [0.05, 0.1) is 11.0 Å². The van der Waals surface area contributed by atoms with Gasteiger partial charge in [0.1, 0.15) is 0 Å². The Morgan fingerprint density at radius 2 is 0.618 bits per heavy atom. The smallest absolute Gasteiger partial charge is 0.164 e. The van der Waals surface area contributed by atoms with Crippen LogP contribution in [-0.4, -0.2) is 34.5 Å². The predicted molar refractivity (Wildman–Crippen MR) is 276 cm³/mol. The van der Waals surface area contributed by atoms with E-state index in [2.05, 4.69) is 145 Å². The molecule has 0 aliphatic rings. The van der Waals surface area contributed by atoms with Gasteiger partial charge in [-0.15, -0.1) is 0 Å². The summed E-state index contributed by atoms with van der Waals surface area (Å²) >= 11 is 0. The molecule has 7 heteroatoms. The molecule has 9 aromatic carbocycles. The molecule has 0 amide bonds. The lowest BCUT2D eigenvalue weighted by Crippen LogP contribution is -2.01. The van der Waals surface area contributed by atoms with Crippen molar-refractivity contribution in [1.29, 1.82) is 0 Å². The third-order valence-electron chi connectivity index (χ3n) is 12.4. The first-order valence-corrected chi connectivity index (χ1v) is 22.7. The molecule has 68 heavy (non-hydrogen) atoms. The Kier molecular flexibility index (Phi) is 10.3. The van der Waals surface area contributed by atoms with E-state index in [0.717, 1.165) is 88.7 Å². The lowest BCUT2D eigenvalue weighted by molar-refractivity contribution is 1.07. The van der Waals surface area contributed by atoms with Crippen LogP contribution in [0.2, 0.25) is 0 Å². The lowest BCUT2D eigenvalue weighted by Gasteiger charge is -2.13.